The normalized spacial score (nSPS) is 13.5. The number of rotatable bonds is 9. The zero-order chi connectivity index (χ0) is 25.0. The van der Waals surface area contributed by atoms with Gasteiger partial charge in [-0.1, -0.05) is 64.5 Å². The summed E-state index contributed by atoms with van der Waals surface area (Å²) in [5.41, 5.74) is 4.24. The summed E-state index contributed by atoms with van der Waals surface area (Å²) in [6, 6.07) is 20.5. The van der Waals surface area contributed by atoms with Gasteiger partial charge >= 0.3 is 12.1 Å². The molecule has 35 heavy (non-hydrogen) atoms. The van der Waals surface area contributed by atoms with Crippen molar-refractivity contribution in [2.75, 3.05) is 13.2 Å². The monoisotopic (exact) mass is 558 g/mol. The van der Waals surface area contributed by atoms with E-state index in [4.69, 9.17) is 4.74 Å². The van der Waals surface area contributed by atoms with Crippen LogP contribution in [0.1, 0.15) is 23.5 Å². The number of sulfonamides is 1. The van der Waals surface area contributed by atoms with Crippen LogP contribution in [-0.2, 0) is 19.6 Å². The predicted molar refractivity (Wildman–Crippen MR) is 134 cm³/mol. The van der Waals surface area contributed by atoms with Crippen molar-refractivity contribution in [2.45, 2.75) is 23.3 Å². The summed E-state index contributed by atoms with van der Waals surface area (Å²) in [6.07, 6.45) is -1.04. The second-order valence-corrected chi connectivity index (χ2v) is 10.7. The molecule has 8 nitrogen and oxygen atoms in total. The van der Waals surface area contributed by atoms with Crippen molar-refractivity contribution < 1.29 is 27.9 Å². The number of nitrogens with one attached hydrogen (secondary N) is 2. The SMILES string of the molecule is O=C(N[C@H](CCNS(=O)(=O)c1ccc(Br)cc1)C(=O)O)OCC1c2ccccc2-c2ccccc21. The lowest BCUT2D eigenvalue weighted by Gasteiger charge is -2.17. The van der Waals surface area contributed by atoms with Gasteiger partial charge in [-0.15, -0.1) is 0 Å². The van der Waals surface area contributed by atoms with Crippen molar-refractivity contribution in [3.05, 3.63) is 88.4 Å². The fraction of sp³-hybridized carbons (Fsp3) is 0.200. The first-order valence-electron chi connectivity index (χ1n) is 10.9. The summed E-state index contributed by atoms with van der Waals surface area (Å²) < 4.78 is 33.2. The predicted octanol–water partition coefficient (Wildman–Crippen LogP) is 4.11. The van der Waals surface area contributed by atoms with Crippen molar-refractivity contribution in [2.24, 2.45) is 0 Å². The van der Waals surface area contributed by atoms with Crippen LogP contribution in [0.4, 0.5) is 4.79 Å². The van der Waals surface area contributed by atoms with Crippen LogP contribution in [0.5, 0.6) is 0 Å². The molecule has 1 amide bonds. The molecule has 182 valence electrons. The Balaban J connectivity index is 1.33. The molecule has 1 aliphatic carbocycles. The number of benzene rings is 3. The molecule has 0 aromatic heterocycles. The topological polar surface area (TPSA) is 122 Å². The van der Waals surface area contributed by atoms with E-state index in [0.717, 1.165) is 26.7 Å². The highest BCUT2D eigenvalue weighted by Gasteiger charge is 2.29. The third-order valence-electron chi connectivity index (χ3n) is 5.78. The maximum Gasteiger partial charge on any atom is 0.407 e. The summed E-state index contributed by atoms with van der Waals surface area (Å²) in [5, 5.41) is 11.8. The second-order valence-electron chi connectivity index (χ2n) is 8.00. The van der Waals surface area contributed by atoms with Crippen LogP contribution in [0.2, 0.25) is 0 Å². The van der Waals surface area contributed by atoms with Gasteiger partial charge in [0.2, 0.25) is 10.0 Å². The van der Waals surface area contributed by atoms with Gasteiger partial charge in [-0.3, -0.25) is 0 Å². The Morgan fingerprint density at radius 2 is 1.51 bits per heavy atom. The molecular weight excluding hydrogens is 536 g/mol. The molecule has 1 aliphatic rings. The smallest absolute Gasteiger partial charge is 0.407 e. The number of ether oxygens (including phenoxy) is 1. The van der Waals surface area contributed by atoms with Gasteiger partial charge in [0.15, 0.2) is 0 Å². The van der Waals surface area contributed by atoms with E-state index in [1.54, 1.807) is 12.1 Å². The summed E-state index contributed by atoms with van der Waals surface area (Å²) >= 11 is 3.24. The van der Waals surface area contributed by atoms with E-state index in [1.807, 2.05) is 48.5 Å². The number of hydrogen-bond donors (Lipinski definition) is 3. The fourth-order valence-corrected chi connectivity index (χ4v) is 5.39. The Kier molecular flexibility index (Phi) is 7.54. The van der Waals surface area contributed by atoms with Crippen molar-refractivity contribution >= 4 is 38.0 Å². The van der Waals surface area contributed by atoms with Gasteiger partial charge in [0.1, 0.15) is 12.6 Å². The van der Waals surface area contributed by atoms with Crippen LogP contribution in [0, 0.1) is 0 Å². The number of amides is 1. The number of aliphatic carboxylic acids is 1. The number of carboxylic acids is 1. The molecule has 0 saturated carbocycles. The molecule has 0 unspecified atom stereocenters. The molecule has 0 heterocycles. The van der Waals surface area contributed by atoms with Gasteiger partial charge in [-0.25, -0.2) is 22.7 Å². The summed E-state index contributed by atoms with van der Waals surface area (Å²) in [7, 11) is -3.81. The highest BCUT2D eigenvalue weighted by Crippen LogP contribution is 2.44. The van der Waals surface area contributed by atoms with Crippen LogP contribution in [0.3, 0.4) is 0 Å². The summed E-state index contributed by atoms with van der Waals surface area (Å²) in [5.74, 6) is -1.45. The van der Waals surface area contributed by atoms with Gasteiger partial charge in [0.05, 0.1) is 4.90 Å². The standard InChI is InChI=1S/C25H23BrN2O6S/c26-16-9-11-17(12-10-16)35(32,33)27-14-13-23(24(29)30)28-25(31)34-15-22-20-7-3-1-5-18(20)19-6-2-4-8-21(19)22/h1-12,22-23,27H,13-15H2,(H,28,31)(H,29,30)/t23-/m1/s1. The molecule has 3 aromatic carbocycles. The first-order chi connectivity index (χ1) is 16.8. The van der Waals surface area contributed by atoms with Gasteiger partial charge < -0.3 is 15.2 Å². The lowest BCUT2D eigenvalue weighted by atomic mass is 9.98. The maximum atomic E-state index is 12.4. The zero-order valence-corrected chi connectivity index (χ0v) is 20.9. The highest BCUT2D eigenvalue weighted by atomic mass is 79.9. The van der Waals surface area contributed by atoms with Gasteiger partial charge in [-0.05, 0) is 52.9 Å². The fourth-order valence-electron chi connectivity index (χ4n) is 4.07. The number of carbonyl (C=O) groups is 2. The lowest BCUT2D eigenvalue weighted by molar-refractivity contribution is -0.139. The average Bonchev–Trinajstić information content (AvgIpc) is 3.16. The number of fused-ring (bicyclic) bond motifs is 3. The van der Waals surface area contributed by atoms with Crippen LogP contribution in [0.25, 0.3) is 11.1 Å². The molecule has 0 spiro atoms. The van der Waals surface area contributed by atoms with E-state index >= 15 is 0 Å². The molecule has 0 saturated heterocycles. The zero-order valence-electron chi connectivity index (χ0n) is 18.5. The molecule has 3 aromatic rings. The molecule has 0 fully saturated rings. The third kappa shape index (κ3) is 5.72. The second kappa shape index (κ2) is 10.6. The van der Waals surface area contributed by atoms with Crippen molar-refractivity contribution in [3.63, 3.8) is 0 Å². The maximum absolute atomic E-state index is 12.4. The van der Waals surface area contributed by atoms with Crippen LogP contribution < -0.4 is 10.0 Å². The first kappa shape index (κ1) is 24.9. The Morgan fingerprint density at radius 1 is 0.943 bits per heavy atom. The molecule has 3 N–H and O–H groups in total. The van der Waals surface area contributed by atoms with E-state index in [9.17, 15) is 23.1 Å². The molecule has 0 radical (unpaired) electrons. The number of carboxylic acid groups (broad SMARTS) is 1. The van der Waals surface area contributed by atoms with E-state index in [1.165, 1.54) is 12.1 Å². The minimum atomic E-state index is -3.81. The Bertz CT molecular complexity index is 1300. The molecular formula is C25H23BrN2O6S. The molecule has 0 aliphatic heterocycles. The number of hydrogen-bond acceptors (Lipinski definition) is 5. The van der Waals surface area contributed by atoms with Crippen molar-refractivity contribution in [1.29, 1.82) is 0 Å². The van der Waals surface area contributed by atoms with Crippen LogP contribution in [-0.4, -0.2) is 44.8 Å². The molecule has 4 rings (SSSR count). The van der Waals surface area contributed by atoms with E-state index < -0.39 is 28.1 Å². The highest BCUT2D eigenvalue weighted by molar-refractivity contribution is 9.10. The summed E-state index contributed by atoms with van der Waals surface area (Å²) in [4.78, 5) is 24.1. The largest absolute Gasteiger partial charge is 0.480 e. The Hall–Kier alpha value is -3.21. The van der Waals surface area contributed by atoms with E-state index in [0.29, 0.717) is 0 Å². The summed E-state index contributed by atoms with van der Waals surface area (Å²) in [6.45, 7) is -0.137. The van der Waals surface area contributed by atoms with Crippen LogP contribution >= 0.6 is 15.9 Å². The first-order valence-corrected chi connectivity index (χ1v) is 13.1. The molecule has 0 bridgehead atoms. The number of carbonyl (C=O) groups excluding carboxylic acids is 1. The molecule has 10 heteroatoms. The van der Waals surface area contributed by atoms with Crippen LogP contribution in [0.15, 0.2) is 82.2 Å². The third-order valence-corrected chi connectivity index (χ3v) is 7.79. The Morgan fingerprint density at radius 3 is 2.09 bits per heavy atom. The van der Waals surface area contributed by atoms with Crippen molar-refractivity contribution in [1.82, 2.24) is 10.0 Å². The Labute approximate surface area is 211 Å². The van der Waals surface area contributed by atoms with Gasteiger partial charge in [-0.2, -0.15) is 0 Å². The van der Waals surface area contributed by atoms with Gasteiger partial charge in [0, 0.05) is 16.9 Å². The minimum absolute atomic E-state index is 0.0440. The average molecular weight is 559 g/mol. The lowest BCUT2D eigenvalue weighted by Crippen LogP contribution is -2.43. The number of halogens is 1. The van der Waals surface area contributed by atoms with Gasteiger partial charge in [0.25, 0.3) is 0 Å². The van der Waals surface area contributed by atoms with E-state index in [2.05, 4.69) is 26.0 Å². The minimum Gasteiger partial charge on any atom is -0.480 e. The quantitative estimate of drug-likeness (QED) is 0.363. The molecule has 1 atom stereocenters. The number of alkyl carbamates (subject to hydrolysis) is 1. The van der Waals surface area contributed by atoms with Crippen molar-refractivity contribution in [3.8, 4) is 11.1 Å². The van der Waals surface area contributed by atoms with E-state index in [-0.39, 0.29) is 30.4 Å².